The Morgan fingerprint density at radius 1 is 1.28 bits per heavy atom. The number of likely N-dealkylation sites (N-methyl/N-ethyl adjacent to an activating group) is 1. The molecule has 0 spiro atoms. The maximum atomic E-state index is 11.4. The smallest absolute Gasteiger partial charge is 0.325 e. The minimum Gasteiger partial charge on any atom is -0.465 e. The number of esters is 1. The molecule has 3 nitrogen and oxygen atoms in total. The van der Waals surface area contributed by atoms with Gasteiger partial charge in [-0.3, -0.25) is 4.79 Å². The van der Waals surface area contributed by atoms with E-state index in [9.17, 15) is 4.79 Å². The van der Waals surface area contributed by atoms with E-state index in [4.69, 9.17) is 4.74 Å². The van der Waals surface area contributed by atoms with E-state index in [1.807, 2.05) is 18.9 Å². The average Bonchev–Trinajstić information content (AvgIpc) is 2.29. The summed E-state index contributed by atoms with van der Waals surface area (Å²) in [6, 6.07) is 8.35. The Bertz CT molecular complexity index is 371. The Morgan fingerprint density at radius 3 is 2.39 bits per heavy atom. The third-order valence-corrected chi connectivity index (χ3v) is 2.69. The summed E-state index contributed by atoms with van der Waals surface area (Å²) in [5.41, 5.74) is 2.37. The molecule has 1 rings (SSSR count). The van der Waals surface area contributed by atoms with E-state index < -0.39 is 0 Å². The Kier molecular flexibility index (Phi) is 5.69. The zero-order chi connectivity index (χ0) is 13.5. The fraction of sp³-hybridized carbons (Fsp3) is 0.533. The van der Waals surface area contributed by atoms with Crippen molar-refractivity contribution in [1.29, 1.82) is 0 Å². The Balaban J connectivity index is 2.58. The molecule has 0 aliphatic rings. The summed E-state index contributed by atoms with van der Waals surface area (Å²) >= 11 is 0. The lowest BCUT2D eigenvalue weighted by Gasteiger charge is -2.18. The molecule has 0 fully saturated rings. The molecule has 0 amide bonds. The fourth-order valence-corrected chi connectivity index (χ4v) is 1.85. The molecule has 0 aliphatic carbocycles. The number of carbonyl (C=O) groups excluding carboxylic acids is 1. The van der Waals surface area contributed by atoms with Crippen LogP contribution in [0, 0.1) is 5.92 Å². The molecule has 1 aromatic rings. The highest BCUT2D eigenvalue weighted by atomic mass is 16.5. The average molecular weight is 249 g/mol. The Hall–Kier alpha value is -1.51. The number of benzene rings is 1. The van der Waals surface area contributed by atoms with Crippen molar-refractivity contribution in [2.24, 2.45) is 5.92 Å². The number of nitrogens with zero attached hydrogens (tertiary/aromatic N) is 1. The molecule has 0 saturated carbocycles. The van der Waals surface area contributed by atoms with Gasteiger partial charge in [0.05, 0.1) is 6.61 Å². The molecule has 0 heterocycles. The van der Waals surface area contributed by atoms with Gasteiger partial charge in [-0.1, -0.05) is 26.0 Å². The summed E-state index contributed by atoms with van der Waals surface area (Å²) in [7, 11) is 1.90. The van der Waals surface area contributed by atoms with E-state index in [1.165, 1.54) is 5.56 Å². The predicted molar refractivity (Wildman–Crippen MR) is 74.9 cm³/mol. The van der Waals surface area contributed by atoms with E-state index >= 15 is 0 Å². The Morgan fingerprint density at radius 2 is 1.89 bits per heavy atom. The topological polar surface area (TPSA) is 29.5 Å². The molecule has 0 atom stereocenters. The number of ether oxygens (including phenoxy) is 1. The van der Waals surface area contributed by atoms with E-state index in [-0.39, 0.29) is 12.5 Å². The highest BCUT2D eigenvalue weighted by Gasteiger charge is 2.08. The van der Waals surface area contributed by atoms with Gasteiger partial charge in [0.2, 0.25) is 0 Å². The molecule has 18 heavy (non-hydrogen) atoms. The quantitative estimate of drug-likeness (QED) is 0.726. The van der Waals surface area contributed by atoms with Gasteiger partial charge < -0.3 is 9.64 Å². The lowest BCUT2D eigenvalue weighted by atomic mass is 10.0. The van der Waals surface area contributed by atoms with Crippen LogP contribution in [0.25, 0.3) is 0 Å². The van der Waals surface area contributed by atoms with Gasteiger partial charge in [0, 0.05) is 12.7 Å². The van der Waals surface area contributed by atoms with E-state index in [1.54, 1.807) is 0 Å². The number of anilines is 1. The maximum Gasteiger partial charge on any atom is 0.325 e. The molecule has 0 bridgehead atoms. The lowest BCUT2D eigenvalue weighted by Crippen LogP contribution is -2.27. The summed E-state index contributed by atoms with van der Waals surface area (Å²) in [4.78, 5) is 13.3. The summed E-state index contributed by atoms with van der Waals surface area (Å²) < 4.78 is 4.93. The van der Waals surface area contributed by atoms with Crippen LogP contribution in [-0.4, -0.2) is 26.2 Å². The standard InChI is InChI=1S/C15H23NO2/c1-5-18-15(17)11-16(4)14-8-6-13(7-9-14)10-12(2)3/h6-9,12H,5,10-11H2,1-4H3. The molecule has 1 aromatic carbocycles. The summed E-state index contributed by atoms with van der Waals surface area (Å²) in [5.74, 6) is 0.472. The molecule has 0 N–H and O–H groups in total. The molecule has 3 heteroatoms. The first-order chi connectivity index (χ1) is 8.52. The van der Waals surface area contributed by atoms with Crippen LogP contribution in [0.2, 0.25) is 0 Å². The van der Waals surface area contributed by atoms with E-state index in [0.29, 0.717) is 12.5 Å². The van der Waals surface area contributed by atoms with E-state index in [0.717, 1.165) is 12.1 Å². The number of hydrogen-bond donors (Lipinski definition) is 0. The van der Waals surface area contributed by atoms with Gasteiger partial charge in [-0.05, 0) is 37.0 Å². The van der Waals surface area contributed by atoms with Gasteiger partial charge in [-0.2, -0.15) is 0 Å². The normalized spacial score (nSPS) is 10.5. The largest absolute Gasteiger partial charge is 0.465 e. The van der Waals surface area contributed by atoms with Crippen molar-refractivity contribution in [2.75, 3.05) is 25.1 Å². The second kappa shape index (κ2) is 7.04. The van der Waals surface area contributed by atoms with Gasteiger partial charge in [-0.15, -0.1) is 0 Å². The van der Waals surface area contributed by atoms with Gasteiger partial charge >= 0.3 is 5.97 Å². The van der Waals surface area contributed by atoms with Crippen molar-refractivity contribution in [3.8, 4) is 0 Å². The minimum absolute atomic E-state index is 0.189. The van der Waals surface area contributed by atoms with Crippen molar-refractivity contribution in [2.45, 2.75) is 27.2 Å². The van der Waals surface area contributed by atoms with Crippen LogP contribution >= 0.6 is 0 Å². The number of carbonyl (C=O) groups is 1. The highest BCUT2D eigenvalue weighted by molar-refractivity contribution is 5.75. The second-order valence-corrected chi connectivity index (χ2v) is 4.93. The highest BCUT2D eigenvalue weighted by Crippen LogP contribution is 2.16. The van der Waals surface area contributed by atoms with Gasteiger partial charge in [0.25, 0.3) is 0 Å². The maximum absolute atomic E-state index is 11.4. The first-order valence-corrected chi connectivity index (χ1v) is 6.48. The van der Waals surface area contributed by atoms with Crippen LogP contribution in [0.5, 0.6) is 0 Å². The van der Waals surface area contributed by atoms with Crippen LogP contribution in [0.3, 0.4) is 0 Å². The zero-order valence-electron chi connectivity index (χ0n) is 11.8. The molecular formula is C15H23NO2. The van der Waals surface area contributed by atoms with Crippen LogP contribution in [0.4, 0.5) is 5.69 Å². The van der Waals surface area contributed by atoms with Crippen molar-refractivity contribution in [3.05, 3.63) is 29.8 Å². The van der Waals surface area contributed by atoms with Crippen LogP contribution in [-0.2, 0) is 16.0 Å². The summed E-state index contributed by atoms with van der Waals surface area (Å²) in [6.45, 7) is 6.96. The van der Waals surface area contributed by atoms with Crippen LogP contribution in [0.1, 0.15) is 26.3 Å². The molecular weight excluding hydrogens is 226 g/mol. The first kappa shape index (κ1) is 14.6. The number of rotatable bonds is 6. The Labute approximate surface area is 110 Å². The monoisotopic (exact) mass is 249 g/mol. The first-order valence-electron chi connectivity index (χ1n) is 6.48. The van der Waals surface area contributed by atoms with Crippen molar-refractivity contribution >= 4 is 11.7 Å². The minimum atomic E-state index is -0.189. The zero-order valence-corrected chi connectivity index (χ0v) is 11.8. The lowest BCUT2D eigenvalue weighted by molar-refractivity contribution is -0.141. The van der Waals surface area contributed by atoms with Gasteiger partial charge in [0.1, 0.15) is 6.54 Å². The van der Waals surface area contributed by atoms with Crippen molar-refractivity contribution in [1.82, 2.24) is 0 Å². The molecule has 0 aromatic heterocycles. The molecule has 0 saturated heterocycles. The van der Waals surface area contributed by atoms with Crippen LogP contribution < -0.4 is 4.90 Å². The SMILES string of the molecule is CCOC(=O)CN(C)c1ccc(CC(C)C)cc1. The second-order valence-electron chi connectivity index (χ2n) is 4.93. The summed E-state index contributed by atoms with van der Waals surface area (Å²) in [6.07, 6.45) is 1.09. The third kappa shape index (κ3) is 4.78. The molecule has 0 radical (unpaired) electrons. The van der Waals surface area contributed by atoms with Gasteiger partial charge in [-0.25, -0.2) is 0 Å². The fourth-order valence-electron chi connectivity index (χ4n) is 1.85. The van der Waals surface area contributed by atoms with E-state index in [2.05, 4.69) is 38.1 Å². The number of hydrogen-bond acceptors (Lipinski definition) is 3. The van der Waals surface area contributed by atoms with Crippen molar-refractivity contribution in [3.63, 3.8) is 0 Å². The molecule has 0 unspecified atom stereocenters. The predicted octanol–water partition coefficient (Wildman–Crippen LogP) is 2.88. The molecule has 0 aliphatic heterocycles. The van der Waals surface area contributed by atoms with Crippen LogP contribution in [0.15, 0.2) is 24.3 Å². The molecule has 100 valence electrons. The van der Waals surface area contributed by atoms with Gasteiger partial charge in [0.15, 0.2) is 0 Å². The third-order valence-electron chi connectivity index (χ3n) is 2.69. The van der Waals surface area contributed by atoms with Crippen molar-refractivity contribution < 1.29 is 9.53 Å². The summed E-state index contributed by atoms with van der Waals surface area (Å²) in [5, 5.41) is 0.